The van der Waals surface area contributed by atoms with E-state index in [-0.39, 0.29) is 23.6 Å². The number of thioether (sulfide) groups is 1. The lowest BCUT2D eigenvalue weighted by molar-refractivity contribution is -0.127. The van der Waals surface area contributed by atoms with Gasteiger partial charge in [0.1, 0.15) is 11.0 Å². The summed E-state index contributed by atoms with van der Waals surface area (Å²) in [6.07, 6.45) is 0. The molecule has 1 fully saturated rings. The number of piperazine rings is 1. The van der Waals surface area contributed by atoms with Crippen molar-refractivity contribution in [3.63, 3.8) is 0 Å². The summed E-state index contributed by atoms with van der Waals surface area (Å²) in [5.74, 6) is 1.09. The van der Waals surface area contributed by atoms with Gasteiger partial charge in [0.15, 0.2) is 5.16 Å². The van der Waals surface area contributed by atoms with Crippen molar-refractivity contribution in [3.8, 4) is 0 Å². The molecule has 7 nitrogen and oxygen atoms in total. The Balaban J connectivity index is 1.66. The third kappa shape index (κ3) is 5.89. The summed E-state index contributed by atoms with van der Waals surface area (Å²) >= 11 is 7.54. The highest BCUT2D eigenvalue weighted by atomic mass is 35.5. The average Bonchev–Trinajstić information content (AvgIpc) is 2.78. The van der Waals surface area contributed by atoms with Crippen LogP contribution in [0, 0.1) is 0 Å². The van der Waals surface area contributed by atoms with E-state index in [9.17, 15) is 9.59 Å². The fraction of sp³-hybridized carbons (Fsp3) is 0.455. The lowest BCUT2D eigenvalue weighted by Gasteiger charge is -2.40. The van der Waals surface area contributed by atoms with Crippen molar-refractivity contribution in [3.05, 3.63) is 47.1 Å². The van der Waals surface area contributed by atoms with E-state index in [0.717, 1.165) is 5.82 Å². The normalized spacial score (nSPS) is 16.3. The summed E-state index contributed by atoms with van der Waals surface area (Å²) in [6.45, 7) is 9.22. The van der Waals surface area contributed by atoms with Crippen molar-refractivity contribution in [1.29, 1.82) is 0 Å². The van der Waals surface area contributed by atoms with Gasteiger partial charge in [0.2, 0.25) is 5.91 Å². The average molecular weight is 462 g/mol. The predicted octanol–water partition coefficient (Wildman–Crippen LogP) is 3.44. The topological polar surface area (TPSA) is 69.6 Å². The summed E-state index contributed by atoms with van der Waals surface area (Å²) in [4.78, 5) is 39.8. The van der Waals surface area contributed by atoms with Gasteiger partial charge < -0.3 is 14.7 Å². The number of nitrogens with zero attached hydrogens (tertiary/aromatic N) is 5. The Morgan fingerprint density at radius 3 is 2.52 bits per heavy atom. The number of rotatable bonds is 7. The number of hydrogen-bond acceptors (Lipinski definition) is 6. The van der Waals surface area contributed by atoms with E-state index in [4.69, 9.17) is 11.6 Å². The van der Waals surface area contributed by atoms with E-state index in [0.29, 0.717) is 48.6 Å². The minimum Gasteiger partial charge on any atom is -0.353 e. The summed E-state index contributed by atoms with van der Waals surface area (Å²) in [7, 11) is 0. The van der Waals surface area contributed by atoms with Crippen molar-refractivity contribution >= 4 is 41.0 Å². The number of halogens is 1. The zero-order chi connectivity index (χ0) is 22.4. The quantitative estimate of drug-likeness (QED) is 0.357. The van der Waals surface area contributed by atoms with Gasteiger partial charge in [0, 0.05) is 50.4 Å². The number of anilines is 1. The van der Waals surface area contributed by atoms with Crippen LogP contribution >= 0.6 is 23.4 Å². The Morgan fingerprint density at radius 1 is 1.16 bits per heavy atom. The first-order valence-corrected chi connectivity index (χ1v) is 11.8. The number of aromatic nitrogens is 2. The maximum Gasteiger partial charge on any atom is 0.254 e. The second-order valence-corrected chi connectivity index (χ2v) is 8.68. The maximum atomic E-state index is 12.8. The van der Waals surface area contributed by atoms with Gasteiger partial charge in [-0.3, -0.25) is 9.59 Å². The first-order valence-electron chi connectivity index (χ1n) is 10.5. The molecule has 1 aromatic carbocycles. The number of benzene rings is 1. The van der Waals surface area contributed by atoms with Crippen LogP contribution in [-0.4, -0.2) is 76.1 Å². The molecule has 166 valence electrons. The Hall–Kier alpha value is -2.32. The third-order valence-corrected chi connectivity index (χ3v) is 6.36. The largest absolute Gasteiger partial charge is 0.353 e. The molecule has 1 unspecified atom stereocenters. The fourth-order valence-electron chi connectivity index (χ4n) is 3.62. The van der Waals surface area contributed by atoms with Crippen LogP contribution in [0.15, 0.2) is 41.6 Å². The molecule has 9 heteroatoms. The highest BCUT2D eigenvalue weighted by Crippen LogP contribution is 2.25. The van der Waals surface area contributed by atoms with Crippen molar-refractivity contribution in [1.82, 2.24) is 19.8 Å². The number of amides is 2. The molecule has 0 saturated carbocycles. The SMILES string of the molecule is CCN(CC)C(=O)CSc1nc(Cl)cc(N2CCN(C(=O)c3ccccc3)C(C)C2)n1. The minimum atomic E-state index is 0.0237. The molecule has 1 aliphatic heterocycles. The molecule has 2 aromatic rings. The molecule has 1 aliphatic rings. The lowest BCUT2D eigenvalue weighted by atomic mass is 10.1. The molecule has 0 spiro atoms. The van der Waals surface area contributed by atoms with Crippen LogP contribution in [0.25, 0.3) is 0 Å². The van der Waals surface area contributed by atoms with Gasteiger partial charge in [-0.25, -0.2) is 9.97 Å². The van der Waals surface area contributed by atoms with Crippen molar-refractivity contribution in [2.24, 2.45) is 0 Å². The Labute approximate surface area is 192 Å². The van der Waals surface area contributed by atoms with Gasteiger partial charge in [0.25, 0.3) is 5.91 Å². The molecular formula is C22H28ClN5O2S. The maximum absolute atomic E-state index is 12.8. The van der Waals surface area contributed by atoms with Gasteiger partial charge in [-0.2, -0.15) is 0 Å². The first kappa shape index (κ1) is 23.3. The van der Waals surface area contributed by atoms with Gasteiger partial charge >= 0.3 is 0 Å². The smallest absolute Gasteiger partial charge is 0.254 e. The zero-order valence-corrected chi connectivity index (χ0v) is 19.7. The molecule has 0 N–H and O–H groups in total. The Kier molecular flexibility index (Phi) is 8.15. The molecule has 2 amide bonds. The fourth-order valence-corrected chi connectivity index (χ4v) is 4.60. The van der Waals surface area contributed by atoms with E-state index in [1.165, 1.54) is 11.8 Å². The predicted molar refractivity (Wildman–Crippen MR) is 125 cm³/mol. The van der Waals surface area contributed by atoms with Crippen LogP contribution in [0.5, 0.6) is 0 Å². The lowest BCUT2D eigenvalue weighted by Crippen LogP contribution is -2.54. The summed E-state index contributed by atoms with van der Waals surface area (Å²) < 4.78 is 0. The molecular weight excluding hydrogens is 434 g/mol. The summed E-state index contributed by atoms with van der Waals surface area (Å²) in [5, 5.41) is 0.830. The number of hydrogen-bond donors (Lipinski definition) is 0. The second kappa shape index (κ2) is 10.8. The third-order valence-electron chi connectivity index (χ3n) is 5.33. The molecule has 0 bridgehead atoms. The van der Waals surface area contributed by atoms with Gasteiger partial charge in [-0.15, -0.1) is 0 Å². The minimum absolute atomic E-state index is 0.0237. The zero-order valence-electron chi connectivity index (χ0n) is 18.1. The van der Waals surface area contributed by atoms with E-state index >= 15 is 0 Å². The van der Waals surface area contributed by atoms with E-state index in [1.54, 1.807) is 11.0 Å². The van der Waals surface area contributed by atoms with Crippen LogP contribution in [0.3, 0.4) is 0 Å². The molecule has 31 heavy (non-hydrogen) atoms. The van der Waals surface area contributed by atoms with Crippen LogP contribution < -0.4 is 4.90 Å². The molecule has 2 heterocycles. The van der Waals surface area contributed by atoms with E-state index in [1.807, 2.05) is 56.0 Å². The van der Waals surface area contributed by atoms with Gasteiger partial charge in [0.05, 0.1) is 5.75 Å². The number of carbonyl (C=O) groups excluding carboxylic acids is 2. The van der Waals surface area contributed by atoms with Crippen LogP contribution in [0.4, 0.5) is 5.82 Å². The van der Waals surface area contributed by atoms with Crippen LogP contribution in [0.1, 0.15) is 31.1 Å². The van der Waals surface area contributed by atoms with E-state index < -0.39 is 0 Å². The highest BCUT2D eigenvalue weighted by Gasteiger charge is 2.29. The standard InChI is InChI=1S/C22H28ClN5O2S/c1-4-26(5-2)20(29)15-31-22-24-18(23)13-19(25-22)27-11-12-28(16(3)14-27)21(30)17-9-7-6-8-10-17/h6-10,13,16H,4-5,11-12,14-15H2,1-3H3. The van der Waals surface area contributed by atoms with Gasteiger partial charge in [-0.1, -0.05) is 41.6 Å². The molecule has 0 radical (unpaired) electrons. The first-order chi connectivity index (χ1) is 14.9. The van der Waals surface area contributed by atoms with Crippen LogP contribution in [0.2, 0.25) is 5.15 Å². The summed E-state index contributed by atoms with van der Waals surface area (Å²) in [5.41, 5.74) is 0.699. The Morgan fingerprint density at radius 2 is 1.87 bits per heavy atom. The summed E-state index contributed by atoms with van der Waals surface area (Å²) in [6, 6.07) is 11.1. The highest BCUT2D eigenvalue weighted by molar-refractivity contribution is 7.99. The molecule has 1 atom stereocenters. The van der Waals surface area contributed by atoms with Gasteiger partial charge in [-0.05, 0) is 32.9 Å². The van der Waals surface area contributed by atoms with Crippen molar-refractivity contribution < 1.29 is 9.59 Å². The molecule has 0 aliphatic carbocycles. The van der Waals surface area contributed by atoms with E-state index in [2.05, 4.69) is 14.9 Å². The molecule has 1 saturated heterocycles. The Bertz CT molecular complexity index is 910. The molecule has 1 aromatic heterocycles. The number of carbonyl (C=O) groups is 2. The van der Waals surface area contributed by atoms with Crippen molar-refractivity contribution in [2.75, 3.05) is 43.4 Å². The monoisotopic (exact) mass is 461 g/mol. The molecule has 3 rings (SSSR count). The van der Waals surface area contributed by atoms with Crippen LogP contribution in [-0.2, 0) is 4.79 Å². The van der Waals surface area contributed by atoms with Crippen molar-refractivity contribution in [2.45, 2.75) is 32.0 Å². The second-order valence-electron chi connectivity index (χ2n) is 7.35.